The first-order valence-corrected chi connectivity index (χ1v) is 9.19. The zero-order chi connectivity index (χ0) is 15.2. The van der Waals surface area contributed by atoms with Gasteiger partial charge in [-0.15, -0.1) is 0 Å². The highest BCUT2D eigenvalue weighted by Gasteiger charge is 2.16. The van der Waals surface area contributed by atoms with Crippen molar-refractivity contribution in [3.05, 3.63) is 29.6 Å². The smallest absolute Gasteiger partial charge is 0.240 e. The van der Waals surface area contributed by atoms with Crippen molar-refractivity contribution in [2.75, 3.05) is 19.3 Å². The minimum absolute atomic E-state index is 0.0973. The van der Waals surface area contributed by atoms with E-state index in [2.05, 4.69) is 10.0 Å². The monoisotopic (exact) mass is 320 g/mol. The van der Waals surface area contributed by atoms with Crippen LogP contribution in [0.3, 0.4) is 0 Å². The maximum Gasteiger partial charge on any atom is 0.240 e. The van der Waals surface area contributed by atoms with Crippen molar-refractivity contribution in [2.24, 2.45) is 0 Å². The average Bonchev–Trinajstić information content (AvgIpc) is 2.43. The minimum Gasteiger partial charge on any atom is -0.313 e. The van der Waals surface area contributed by atoms with E-state index in [1.54, 1.807) is 11.8 Å². The summed E-state index contributed by atoms with van der Waals surface area (Å²) in [6.07, 6.45) is 1.92. The fourth-order valence-corrected chi connectivity index (χ4v) is 3.04. The van der Waals surface area contributed by atoms with Gasteiger partial charge in [0.2, 0.25) is 10.0 Å². The summed E-state index contributed by atoms with van der Waals surface area (Å²) in [5.74, 6) is -0.401. The molecule has 2 N–H and O–H groups in total. The molecular formula is C13H21FN2O2S2. The number of hydrogen-bond acceptors (Lipinski definition) is 4. The highest BCUT2D eigenvalue weighted by Crippen LogP contribution is 2.15. The summed E-state index contributed by atoms with van der Waals surface area (Å²) in [6.45, 7) is 5.20. The molecule has 1 unspecified atom stereocenters. The van der Waals surface area contributed by atoms with Crippen LogP contribution in [-0.2, 0) is 16.6 Å². The lowest BCUT2D eigenvalue weighted by molar-refractivity contribution is 0.576. The fourth-order valence-electron chi connectivity index (χ4n) is 1.51. The first-order valence-electron chi connectivity index (χ1n) is 6.42. The predicted molar refractivity (Wildman–Crippen MR) is 81.9 cm³/mol. The van der Waals surface area contributed by atoms with Crippen LogP contribution in [0.4, 0.5) is 4.39 Å². The summed E-state index contributed by atoms with van der Waals surface area (Å²) in [5.41, 5.74) is 0.354. The molecule has 0 radical (unpaired) electrons. The van der Waals surface area contributed by atoms with E-state index < -0.39 is 15.8 Å². The normalized spacial score (nSPS) is 13.4. The van der Waals surface area contributed by atoms with E-state index in [4.69, 9.17) is 0 Å². The summed E-state index contributed by atoms with van der Waals surface area (Å²) >= 11 is 1.58. The molecule has 0 aromatic heterocycles. The number of rotatable bonds is 8. The molecule has 1 aromatic rings. The van der Waals surface area contributed by atoms with Crippen LogP contribution in [0.2, 0.25) is 0 Å². The van der Waals surface area contributed by atoms with Crippen molar-refractivity contribution < 1.29 is 12.8 Å². The molecule has 0 aliphatic carbocycles. The maximum absolute atomic E-state index is 13.6. The molecular weight excluding hydrogens is 299 g/mol. The molecule has 0 spiro atoms. The number of thioether (sulfide) groups is 1. The van der Waals surface area contributed by atoms with E-state index in [0.29, 0.717) is 25.2 Å². The van der Waals surface area contributed by atoms with Gasteiger partial charge in [0, 0.05) is 23.9 Å². The minimum atomic E-state index is -3.59. The largest absolute Gasteiger partial charge is 0.313 e. The summed E-state index contributed by atoms with van der Waals surface area (Å²) in [6, 6.07) is 3.86. The lowest BCUT2D eigenvalue weighted by atomic mass is 10.2. The molecule has 4 nitrogen and oxygen atoms in total. The van der Waals surface area contributed by atoms with Gasteiger partial charge in [0.1, 0.15) is 5.82 Å². The molecule has 114 valence electrons. The van der Waals surface area contributed by atoms with Gasteiger partial charge in [-0.3, -0.25) is 0 Å². The summed E-state index contributed by atoms with van der Waals surface area (Å²) in [5, 5.41) is 3.17. The zero-order valence-electron chi connectivity index (χ0n) is 11.9. The number of hydrogen-bond donors (Lipinski definition) is 2. The van der Waals surface area contributed by atoms with Crippen molar-refractivity contribution in [1.82, 2.24) is 10.0 Å². The summed E-state index contributed by atoms with van der Waals surface area (Å²) in [4.78, 5) is 0.0973. The molecule has 0 saturated heterocycles. The Bertz CT molecular complexity index is 535. The van der Waals surface area contributed by atoms with Crippen LogP contribution < -0.4 is 10.0 Å². The Labute approximate surface area is 124 Å². The third-order valence-electron chi connectivity index (χ3n) is 2.86. The molecule has 0 amide bonds. The quantitative estimate of drug-likeness (QED) is 0.769. The molecule has 1 atom stereocenters. The van der Waals surface area contributed by atoms with Crippen molar-refractivity contribution in [1.29, 1.82) is 0 Å². The SMILES string of the molecule is CCNCc1cc(S(=O)(=O)NCC(C)SC)ccc1F. The number of nitrogens with one attached hydrogen (secondary N) is 2. The summed E-state index contributed by atoms with van der Waals surface area (Å²) < 4.78 is 40.4. The number of sulfonamides is 1. The molecule has 20 heavy (non-hydrogen) atoms. The van der Waals surface area contributed by atoms with Gasteiger partial charge in [-0.1, -0.05) is 13.8 Å². The van der Waals surface area contributed by atoms with Gasteiger partial charge >= 0.3 is 0 Å². The van der Waals surface area contributed by atoms with Crippen LogP contribution in [0, 0.1) is 5.82 Å². The molecule has 0 bridgehead atoms. The Morgan fingerprint density at radius 3 is 2.70 bits per heavy atom. The van der Waals surface area contributed by atoms with Crippen molar-refractivity contribution >= 4 is 21.8 Å². The first-order chi connectivity index (χ1) is 9.40. The number of benzene rings is 1. The zero-order valence-corrected chi connectivity index (χ0v) is 13.6. The van der Waals surface area contributed by atoms with Crippen molar-refractivity contribution in [3.63, 3.8) is 0 Å². The lowest BCUT2D eigenvalue weighted by Gasteiger charge is -2.12. The second kappa shape index (κ2) is 7.97. The molecule has 0 saturated carbocycles. The van der Waals surface area contributed by atoms with Crippen molar-refractivity contribution in [2.45, 2.75) is 30.5 Å². The molecule has 1 rings (SSSR count). The fraction of sp³-hybridized carbons (Fsp3) is 0.538. The average molecular weight is 320 g/mol. The van der Waals surface area contributed by atoms with Crippen LogP contribution in [0.15, 0.2) is 23.1 Å². The lowest BCUT2D eigenvalue weighted by Crippen LogP contribution is -2.29. The number of halogens is 1. The molecule has 0 aliphatic rings. The van der Waals surface area contributed by atoms with Crippen LogP contribution in [0.25, 0.3) is 0 Å². The topological polar surface area (TPSA) is 58.2 Å². The van der Waals surface area contributed by atoms with E-state index in [-0.39, 0.29) is 10.1 Å². The molecule has 0 fully saturated rings. The molecule has 1 aromatic carbocycles. The predicted octanol–water partition coefficient (Wildman–Crippen LogP) is 1.96. The Balaban J connectivity index is 2.89. The van der Waals surface area contributed by atoms with E-state index in [0.717, 1.165) is 0 Å². The Kier molecular flexibility index (Phi) is 6.94. The Morgan fingerprint density at radius 2 is 2.10 bits per heavy atom. The highest BCUT2D eigenvalue weighted by molar-refractivity contribution is 7.99. The molecule has 0 heterocycles. The van der Waals surface area contributed by atoms with Gasteiger partial charge < -0.3 is 5.32 Å². The Hall–Kier alpha value is -0.630. The van der Waals surface area contributed by atoms with Gasteiger partial charge in [-0.05, 0) is 31.0 Å². The van der Waals surface area contributed by atoms with E-state index in [9.17, 15) is 12.8 Å². The van der Waals surface area contributed by atoms with Gasteiger partial charge in [0.15, 0.2) is 0 Å². The van der Waals surface area contributed by atoms with Gasteiger partial charge in [-0.25, -0.2) is 17.5 Å². The van der Waals surface area contributed by atoms with Gasteiger partial charge in [-0.2, -0.15) is 11.8 Å². The Morgan fingerprint density at radius 1 is 1.40 bits per heavy atom. The molecule has 7 heteroatoms. The summed E-state index contributed by atoms with van der Waals surface area (Å²) in [7, 11) is -3.59. The van der Waals surface area contributed by atoms with E-state index in [1.165, 1.54) is 18.2 Å². The second-order valence-electron chi connectivity index (χ2n) is 4.43. The standard InChI is InChI=1S/C13H21FN2O2S2/c1-4-15-9-11-7-12(5-6-13(11)14)20(17,18)16-8-10(2)19-3/h5-7,10,15-16H,4,8-9H2,1-3H3. The van der Waals surface area contributed by atoms with E-state index in [1.807, 2.05) is 20.1 Å². The third kappa shape index (κ3) is 5.05. The van der Waals surface area contributed by atoms with E-state index >= 15 is 0 Å². The van der Waals surface area contributed by atoms with Crippen LogP contribution in [0.1, 0.15) is 19.4 Å². The van der Waals surface area contributed by atoms with Gasteiger partial charge in [0.25, 0.3) is 0 Å². The van der Waals surface area contributed by atoms with Crippen LogP contribution in [0.5, 0.6) is 0 Å². The second-order valence-corrected chi connectivity index (χ2v) is 7.47. The molecule has 0 aliphatic heterocycles. The van der Waals surface area contributed by atoms with Crippen LogP contribution in [-0.4, -0.2) is 33.0 Å². The van der Waals surface area contributed by atoms with Crippen LogP contribution >= 0.6 is 11.8 Å². The maximum atomic E-state index is 13.6. The highest BCUT2D eigenvalue weighted by atomic mass is 32.2. The third-order valence-corrected chi connectivity index (χ3v) is 5.25. The first kappa shape index (κ1) is 17.4. The van der Waals surface area contributed by atoms with Gasteiger partial charge in [0.05, 0.1) is 4.90 Å². The van der Waals surface area contributed by atoms with Crippen molar-refractivity contribution in [3.8, 4) is 0 Å².